The molecule has 512 valence electrons. The van der Waals surface area contributed by atoms with Crippen LogP contribution in [-0.4, -0.2) is 139 Å². The Labute approximate surface area is 575 Å². The predicted octanol–water partition coefficient (Wildman–Crippen LogP) is 11.4. The second kappa shape index (κ2) is 26.9. The van der Waals surface area contributed by atoms with Gasteiger partial charge in [-0.1, -0.05) is 104 Å². The quantitative estimate of drug-likeness (QED) is 0.110. The van der Waals surface area contributed by atoms with E-state index in [0.717, 1.165) is 84.6 Å². The third-order valence-electron chi connectivity index (χ3n) is 21.6. The van der Waals surface area contributed by atoms with Gasteiger partial charge in [0.05, 0.1) is 49.9 Å². The first kappa shape index (κ1) is 66.7. The molecule has 0 bridgehead atoms. The molecule has 100 heavy (non-hydrogen) atoms. The third-order valence-corrected chi connectivity index (χ3v) is 21.6. The van der Waals surface area contributed by atoms with Crippen LogP contribution in [0.2, 0.25) is 0 Å². The van der Waals surface area contributed by atoms with Crippen LogP contribution in [0.4, 0.5) is 18.9 Å². The summed E-state index contributed by atoms with van der Waals surface area (Å²) in [6.07, 6.45) is 9.49. The van der Waals surface area contributed by atoms with Crippen molar-refractivity contribution in [2.75, 3.05) is 70.3 Å². The van der Waals surface area contributed by atoms with Crippen LogP contribution in [-0.2, 0) is 24.1 Å². The van der Waals surface area contributed by atoms with E-state index >= 15 is 0 Å². The van der Waals surface area contributed by atoms with Crippen molar-refractivity contribution in [3.8, 4) is 0 Å². The number of halogens is 3. The van der Waals surface area contributed by atoms with E-state index in [0.29, 0.717) is 98.3 Å². The van der Waals surface area contributed by atoms with Crippen molar-refractivity contribution >= 4 is 61.6 Å². The Morgan fingerprint density at radius 2 is 0.770 bits per heavy atom. The number of hydrogen-bond donors (Lipinski definition) is 3. The van der Waals surface area contributed by atoms with Crippen LogP contribution in [0, 0.1) is 46.5 Å². The number of hydrogen-bond acceptors (Lipinski definition) is 11. The first-order valence-electron chi connectivity index (χ1n) is 34.1. The van der Waals surface area contributed by atoms with E-state index < -0.39 is 17.5 Å². The van der Waals surface area contributed by atoms with Crippen LogP contribution in [0.1, 0.15) is 129 Å². The number of nitrogens with one attached hydrogen (secondary N) is 3. The predicted molar refractivity (Wildman–Crippen MR) is 377 cm³/mol. The van der Waals surface area contributed by atoms with Gasteiger partial charge in [-0.3, -0.25) is 33.6 Å². The number of amides is 4. The summed E-state index contributed by atoms with van der Waals surface area (Å²) in [5.74, 6) is -1.91. The first-order chi connectivity index (χ1) is 47.9. The number of fused-ring (bicyclic) bond motifs is 3. The van der Waals surface area contributed by atoms with E-state index in [1.807, 2.05) is 41.3 Å². The van der Waals surface area contributed by atoms with Crippen molar-refractivity contribution in [2.45, 2.75) is 85.0 Å². The van der Waals surface area contributed by atoms with Gasteiger partial charge in [0, 0.05) is 123 Å². The summed E-state index contributed by atoms with van der Waals surface area (Å²) in [6, 6.07) is 44.1. The SMILES string of the molecule is C.Cc1ccc(N2CC3(CCN(C(=O)c4cc(Cc5n[nH]c(=O)c6ccccc56)ccc4F)C3)C2)cc1.O=C(c1cc(Cc2n[nH]c(=O)c3ccccc23)ccc1F)N1CCC2(C1)CN(C(=O)C1CC1)C2.O=C(c1cc(Cc2n[nH]c(=O)c3ccccc23)ccc1F)N1CCC2(CCC2)C1. The summed E-state index contributed by atoms with van der Waals surface area (Å²) >= 11 is 0. The number of carbonyl (C=O) groups excluding carboxylic acids is 4. The molecule has 10 aromatic rings. The topological polar surface area (TPSA) is 222 Å². The lowest BCUT2D eigenvalue weighted by atomic mass is 9.68. The Morgan fingerprint density at radius 1 is 0.430 bits per heavy atom. The molecule has 0 unspecified atom stereocenters. The molecule has 8 heterocycles. The number of aryl methyl sites for hydroxylation is 1. The van der Waals surface area contributed by atoms with Crippen molar-refractivity contribution in [2.24, 2.45) is 22.2 Å². The molecule has 18 nitrogen and oxygen atoms in total. The van der Waals surface area contributed by atoms with E-state index in [4.69, 9.17) is 0 Å². The van der Waals surface area contributed by atoms with Crippen LogP contribution < -0.4 is 21.6 Å². The highest BCUT2D eigenvalue weighted by Gasteiger charge is 2.53. The maximum atomic E-state index is 14.8. The molecule has 21 heteroatoms. The van der Waals surface area contributed by atoms with Gasteiger partial charge in [-0.2, -0.15) is 15.3 Å². The number of aromatic nitrogens is 6. The van der Waals surface area contributed by atoms with Gasteiger partial charge in [0.2, 0.25) is 5.91 Å². The van der Waals surface area contributed by atoms with Crippen LogP contribution in [0.5, 0.6) is 0 Å². The number of nitrogens with zero attached hydrogens (tertiary/aromatic N) is 8. The molecule has 3 N–H and O–H groups in total. The molecular formula is C79H78F3N11O7. The lowest BCUT2D eigenvalue weighted by molar-refractivity contribution is -0.144. The monoisotopic (exact) mass is 1350 g/mol. The largest absolute Gasteiger partial charge is 0.370 e. The average molecular weight is 1350 g/mol. The van der Waals surface area contributed by atoms with E-state index in [1.54, 1.807) is 87.5 Å². The lowest BCUT2D eigenvalue weighted by Crippen LogP contribution is -2.60. The zero-order valence-corrected chi connectivity index (χ0v) is 54.9. The standard InChI is InChI=1S/C29H27FN4O2.C26H25FN4O3.C23H22FN3O2.CH4/c1-19-6-9-21(10-7-19)34-17-29(18-34)12-13-33(16-29)28(36)24-14-20(8-11-25(24)30)15-26-22-4-2-3-5-23(22)27(35)32-31-26;27-21-8-5-16(12-22-18-3-1-2-4-19(18)23(32)29-28-22)11-20(21)25(34)30-10-9-26(13-30)14-31(15-26)24(33)17-6-7-17;24-19-7-6-15(13-20-16-4-1-2-5-17(16)21(28)26-25-20)12-18(19)22(29)27-11-10-23(14-27)8-3-9-23;/h2-11,14H,12-13,15-18H2,1H3,(H,32,35);1-5,8,11,17H,6-7,9-10,12-15H2,(H,29,32);1-2,4-7,12H,3,8-11,13-14H2,(H,26,28);1H4. The van der Waals surface area contributed by atoms with E-state index in [2.05, 4.69) is 66.7 Å². The van der Waals surface area contributed by atoms with Crippen molar-refractivity contribution in [3.05, 3.63) is 256 Å². The molecule has 7 fully saturated rings. The Bertz CT molecular complexity index is 5050. The molecule has 3 aromatic heterocycles. The summed E-state index contributed by atoms with van der Waals surface area (Å²) in [6.45, 7) is 9.13. The second-order valence-corrected chi connectivity index (χ2v) is 28.6. The van der Waals surface area contributed by atoms with E-state index in [9.17, 15) is 46.7 Å². The molecule has 17 rings (SSSR count). The van der Waals surface area contributed by atoms with Crippen molar-refractivity contribution in [3.63, 3.8) is 0 Å². The molecule has 2 saturated carbocycles. The Kier molecular flexibility index (Phi) is 18.0. The fourth-order valence-corrected chi connectivity index (χ4v) is 15.7. The highest BCUT2D eigenvalue weighted by Crippen LogP contribution is 2.49. The molecule has 7 aromatic carbocycles. The third kappa shape index (κ3) is 13.2. The lowest BCUT2D eigenvalue weighted by Gasteiger charge is -2.49. The number of benzene rings is 7. The summed E-state index contributed by atoms with van der Waals surface area (Å²) in [4.78, 5) is 97.5. The molecule has 5 aliphatic heterocycles. The Morgan fingerprint density at radius 3 is 1.12 bits per heavy atom. The first-order valence-corrected chi connectivity index (χ1v) is 34.1. The normalized spacial score (nSPS) is 17.5. The van der Waals surface area contributed by atoms with Gasteiger partial charge < -0.3 is 24.5 Å². The Hall–Kier alpha value is -10.6. The van der Waals surface area contributed by atoms with Crippen LogP contribution in [0.15, 0.2) is 166 Å². The van der Waals surface area contributed by atoms with E-state index in [1.165, 1.54) is 48.7 Å². The highest BCUT2D eigenvalue weighted by atomic mass is 19.1. The molecular weight excluding hydrogens is 1270 g/mol. The van der Waals surface area contributed by atoms with E-state index in [-0.39, 0.29) is 86.6 Å². The van der Waals surface area contributed by atoms with Gasteiger partial charge in [0.25, 0.3) is 34.4 Å². The van der Waals surface area contributed by atoms with Gasteiger partial charge in [0.15, 0.2) is 0 Å². The van der Waals surface area contributed by atoms with Gasteiger partial charge in [-0.15, -0.1) is 0 Å². The molecule has 2 aliphatic carbocycles. The fraction of sp³-hybridized carbons (Fsp3) is 0.342. The molecule has 5 saturated heterocycles. The summed E-state index contributed by atoms with van der Waals surface area (Å²) in [7, 11) is 0. The number of H-pyrrole nitrogens is 3. The molecule has 4 amide bonds. The van der Waals surface area contributed by atoms with Gasteiger partial charge >= 0.3 is 0 Å². The minimum Gasteiger partial charge on any atom is -0.370 e. The van der Waals surface area contributed by atoms with Gasteiger partial charge in [0.1, 0.15) is 17.5 Å². The maximum absolute atomic E-state index is 14.8. The minimum absolute atomic E-state index is 0. The Balaban J connectivity index is 0.000000128. The number of anilines is 1. The molecule has 7 aliphatic rings. The van der Waals surface area contributed by atoms with Crippen molar-refractivity contribution in [1.82, 2.24) is 50.2 Å². The number of likely N-dealkylation sites (tertiary alicyclic amines) is 4. The minimum atomic E-state index is -0.548. The van der Waals surface area contributed by atoms with Crippen molar-refractivity contribution in [1.29, 1.82) is 0 Å². The van der Waals surface area contributed by atoms with Gasteiger partial charge in [-0.05, 0) is 141 Å². The summed E-state index contributed by atoms with van der Waals surface area (Å²) < 4.78 is 44.0. The number of rotatable bonds is 11. The zero-order valence-electron chi connectivity index (χ0n) is 54.9. The molecule has 0 radical (unpaired) electrons. The highest BCUT2D eigenvalue weighted by molar-refractivity contribution is 5.97. The van der Waals surface area contributed by atoms with Crippen LogP contribution >= 0.6 is 0 Å². The summed E-state index contributed by atoms with van der Waals surface area (Å²) in [5.41, 5.74) is 6.61. The molecule has 0 atom stereocenters. The van der Waals surface area contributed by atoms with Crippen LogP contribution in [0.25, 0.3) is 32.3 Å². The smallest absolute Gasteiger partial charge is 0.272 e. The zero-order chi connectivity index (χ0) is 68.3. The number of aromatic amines is 3. The second-order valence-electron chi connectivity index (χ2n) is 28.6. The fourth-order valence-electron chi connectivity index (χ4n) is 15.7. The van der Waals surface area contributed by atoms with Crippen LogP contribution in [0.3, 0.4) is 0 Å². The summed E-state index contributed by atoms with van der Waals surface area (Å²) in [5, 5.41) is 24.1. The van der Waals surface area contributed by atoms with Gasteiger partial charge in [-0.25, -0.2) is 28.5 Å². The average Bonchev–Trinajstić information content (AvgIpc) is 1.73. The maximum Gasteiger partial charge on any atom is 0.272 e. The molecule has 3 spiro atoms. The number of carbonyl (C=O) groups is 4. The van der Waals surface area contributed by atoms with Crippen molar-refractivity contribution < 1.29 is 32.3 Å².